The smallest absolute Gasteiger partial charge is 0.0934 e. The van der Waals surface area contributed by atoms with Crippen LogP contribution in [-0.2, 0) is 6.54 Å². The zero-order valence-corrected chi connectivity index (χ0v) is 11.5. The summed E-state index contributed by atoms with van der Waals surface area (Å²) in [4.78, 5) is 4.40. The molecule has 2 heterocycles. The number of fused-ring (bicyclic) bond motifs is 1. The molecule has 0 radical (unpaired) electrons. The first-order valence-corrected chi connectivity index (χ1v) is 6.58. The topological polar surface area (TPSA) is 42.7 Å². The summed E-state index contributed by atoms with van der Waals surface area (Å²) in [7, 11) is 0. The van der Waals surface area contributed by atoms with Gasteiger partial charge >= 0.3 is 0 Å². The first-order chi connectivity index (χ1) is 9.76. The van der Waals surface area contributed by atoms with Gasteiger partial charge in [0.1, 0.15) is 0 Å². The average Bonchev–Trinajstić information content (AvgIpc) is 2.92. The number of halogens is 1. The van der Waals surface area contributed by atoms with Gasteiger partial charge in [0.15, 0.2) is 0 Å². The summed E-state index contributed by atoms with van der Waals surface area (Å²) in [5.74, 6) is 0. The number of benzene rings is 1. The maximum absolute atomic E-state index is 6.13. The fourth-order valence-electron chi connectivity index (χ4n) is 2.06. The summed E-state index contributed by atoms with van der Waals surface area (Å²) in [5, 5.41) is 9.20. The lowest BCUT2D eigenvalue weighted by atomic mass is 10.2. The van der Waals surface area contributed by atoms with Gasteiger partial charge in [-0.3, -0.25) is 4.98 Å². The van der Waals surface area contributed by atoms with E-state index in [-0.39, 0.29) is 0 Å². The number of anilines is 1. The molecular formula is C15H13ClN4. The van der Waals surface area contributed by atoms with Crippen LogP contribution in [0.3, 0.4) is 0 Å². The Morgan fingerprint density at radius 1 is 1.40 bits per heavy atom. The summed E-state index contributed by atoms with van der Waals surface area (Å²) >= 11 is 6.13. The van der Waals surface area contributed by atoms with Gasteiger partial charge in [0.2, 0.25) is 0 Å². The van der Waals surface area contributed by atoms with Gasteiger partial charge in [0, 0.05) is 41.1 Å². The van der Waals surface area contributed by atoms with Crippen LogP contribution in [0.2, 0.25) is 5.02 Å². The summed E-state index contributed by atoms with van der Waals surface area (Å²) in [6, 6.07) is 7.69. The minimum absolute atomic E-state index is 0.653. The average molecular weight is 285 g/mol. The molecule has 0 saturated heterocycles. The van der Waals surface area contributed by atoms with Crippen molar-refractivity contribution in [3.63, 3.8) is 0 Å². The molecule has 5 heteroatoms. The molecule has 4 nitrogen and oxygen atoms in total. The molecular weight excluding hydrogens is 272 g/mol. The van der Waals surface area contributed by atoms with Crippen LogP contribution < -0.4 is 5.32 Å². The van der Waals surface area contributed by atoms with E-state index in [2.05, 4.69) is 22.0 Å². The van der Waals surface area contributed by atoms with Crippen molar-refractivity contribution in [1.82, 2.24) is 14.8 Å². The zero-order valence-electron chi connectivity index (χ0n) is 10.8. The molecule has 2 aromatic heterocycles. The van der Waals surface area contributed by atoms with Crippen molar-refractivity contribution in [2.45, 2.75) is 6.54 Å². The molecule has 1 N–H and O–H groups in total. The lowest BCUT2D eigenvalue weighted by Gasteiger charge is -2.08. The van der Waals surface area contributed by atoms with Gasteiger partial charge in [0.25, 0.3) is 0 Å². The first-order valence-electron chi connectivity index (χ1n) is 6.20. The minimum Gasteiger partial charge on any atom is -0.379 e. The zero-order chi connectivity index (χ0) is 13.9. The fraction of sp³-hybridized carbons (Fsp3) is 0.0667. The fourth-order valence-corrected chi connectivity index (χ4v) is 2.28. The molecule has 20 heavy (non-hydrogen) atoms. The Morgan fingerprint density at radius 2 is 2.30 bits per heavy atom. The highest BCUT2D eigenvalue weighted by atomic mass is 35.5. The number of aromatic nitrogens is 3. The van der Waals surface area contributed by atoms with E-state index in [0.29, 0.717) is 11.6 Å². The maximum Gasteiger partial charge on any atom is 0.0934 e. The van der Waals surface area contributed by atoms with Crippen LogP contribution in [0.5, 0.6) is 0 Å². The van der Waals surface area contributed by atoms with E-state index in [9.17, 15) is 0 Å². The standard InChI is InChI=1S/C15H13ClN4/c1-2-20-10-11(9-19-20)8-18-14-7-13(16)6-12-4-3-5-17-15(12)14/h2-7,9-10,18H,1,8H2. The summed E-state index contributed by atoms with van der Waals surface area (Å²) in [5.41, 5.74) is 2.89. The van der Waals surface area contributed by atoms with Crippen LogP contribution >= 0.6 is 11.6 Å². The van der Waals surface area contributed by atoms with Crippen LogP contribution in [0, 0.1) is 0 Å². The molecule has 1 aromatic carbocycles. The third-order valence-corrected chi connectivity index (χ3v) is 3.21. The molecule has 100 valence electrons. The molecule has 0 saturated carbocycles. The van der Waals surface area contributed by atoms with E-state index in [1.807, 2.05) is 30.5 Å². The second kappa shape index (κ2) is 5.35. The minimum atomic E-state index is 0.653. The summed E-state index contributed by atoms with van der Waals surface area (Å²) in [6.45, 7) is 4.32. The third-order valence-electron chi connectivity index (χ3n) is 2.99. The second-order valence-electron chi connectivity index (χ2n) is 4.39. The lowest BCUT2D eigenvalue weighted by Crippen LogP contribution is -2.00. The third kappa shape index (κ3) is 2.51. The van der Waals surface area contributed by atoms with Gasteiger partial charge in [-0.1, -0.05) is 24.2 Å². The molecule has 0 atom stereocenters. The highest BCUT2D eigenvalue weighted by molar-refractivity contribution is 6.31. The van der Waals surface area contributed by atoms with Crippen molar-refractivity contribution in [1.29, 1.82) is 0 Å². The van der Waals surface area contributed by atoms with Gasteiger partial charge in [-0.15, -0.1) is 0 Å². The van der Waals surface area contributed by atoms with E-state index < -0.39 is 0 Å². The van der Waals surface area contributed by atoms with Crippen LogP contribution in [-0.4, -0.2) is 14.8 Å². The Labute approximate surface area is 121 Å². The maximum atomic E-state index is 6.13. The molecule has 0 bridgehead atoms. The Hall–Kier alpha value is -2.33. The molecule has 0 fully saturated rings. The van der Waals surface area contributed by atoms with Gasteiger partial charge in [-0.05, 0) is 18.2 Å². The number of hydrogen-bond donors (Lipinski definition) is 1. The molecule has 0 spiro atoms. The molecule has 0 aliphatic carbocycles. The SMILES string of the molecule is C=Cn1cc(CNc2cc(Cl)cc3cccnc23)cn1. The molecule has 0 unspecified atom stereocenters. The Morgan fingerprint density at radius 3 is 3.10 bits per heavy atom. The van der Waals surface area contributed by atoms with E-state index >= 15 is 0 Å². The van der Waals surface area contributed by atoms with Gasteiger partial charge in [-0.2, -0.15) is 5.10 Å². The van der Waals surface area contributed by atoms with Crippen molar-refractivity contribution < 1.29 is 0 Å². The lowest BCUT2D eigenvalue weighted by molar-refractivity contribution is 0.936. The van der Waals surface area contributed by atoms with Crippen molar-refractivity contribution >= 4 is 34.4 Å². The number of nitrogens with zero attached hydrogens (tertiary/aromatic N) is 3. The predicted octanol–water partition coefficient (Wildman–Crippen LogP) is 3.80. The number of hydrogen-bond acceptors (Lipinski definition) is 3. The Kier molecular flexibility index (Phi) is 3.39. The van der Waals surface area contributed by atoms with E-state index in [1.54, 1.807) is 23.3 Å². The van der Waals surface area contributed by atoms with E-state index in [0.717, 1.165) is 22.2 Å². The van der Waals surface area contributed by atoms with Crippen molar-refractivity contribution in [3.8, 4) is 0 Å². The van der Waals surface area contributed by atoms with Gasteiger partial charge in [0.05, 0.1) is 17.4 Å². The summed E-state index contributed by atoms with van der Waals surface area (Å²) in [6.07, 6.45) is 7.14. The molecule has 0 aliphatic heterocycles. The van der Waals surface area contributed by atoms with Crippen LogP contribution in [0.25, 0.3) is 17.1 Å². The highest BCUT2D eigenvalue weighted by Gasteiger charge is 2.05. The quantitative estimate of drug-likeness (QED) is 0.792. The van der Waals surface area contributed by atoms with Gasteiger partial charge in [-0.25, -0.2) is 4.68 Å². The normalized spacial score (nSPS) is 10.7. The van der Waals surface area contributed by atoms with E-state index in [4.69, 9.17) is 11.6 Å². The van der Waals surface area contributed by atoms with Gasteiger partial charge < -0.3 is 5.32 Å². The number of pyridine rings is 1. The van der Waals surface area contributed by atoms with Crippen molar-refractivity contribution in [3.05, 3.63) is 60.0 Å². The number of nitrogens with one attached hydrogen (secondary N) is 1. The predicted molar refractivity (Wildman–Crippen MR) is 82.7 cm³/mol. The Balaban J connectivity index is 1.88. The molecule has 0 amide bonds. The molecule has 3 aromatic rings. The summed E-state index contributed by atoms with van der Waals surface area (Å²) < 4.78 is 1.67. The van der Waals surface area contributed by atoms with E-state index in [1.165, 1.54) is 0 Å². The van der Waals surface area contributed by atoms with Crippen LogP contribution in [0.1, 0.15) is 5.56 Å². The number of rotatable bonds is 4. The van der Waals surface area contributed by atoms with Crippen molar-refractivity contribution in [2.24, 2.45) is 0 Å². The molecule has 0 aliphatic rings. The second-order valence-corrected chi connectivity index (χ2v) is 4.83. The van der Waals surface area contributed by atoms with Crippen molar-refractivity contribution in [2.75, 3.05) is 5.32 Å². The van der Waals surface area contributed by atoms with Crippen LogP contribution in [0.15, 0.2) is 49.4 Å². The largest absolute Gasteiger partial charge is 0.379 e. The van der Waals surface area contributed by atoms with Crippen LogP contribution in [0.4, 0.5) is 5.69 Å². The first kappa shape index (κ1) is 12.7. The highest BCUT2D eigenvalue weighted by Crippen LogP contribution is 2.26. The Bertz CT molecular complexity index is 763. The monoisotopic (exact) mass is 284 g/mol. The molecule has 3 rings (SSSR count).